The molecule has 0 bridgehead atoms. The number of likely N-dealkylation sites (tertiary alicyclic amines) is 1. The Labute approximate surface area is 102 Å². The van der Waals surface area contributed by atoms with E-state index < -0.39 is 5.97 Å². The van der Waals surface area contributed by atoms with Gasteiger partial charge < -0.3 is 15.7 Å². The van der Waals surface area contributed by atoms with Crippen molar-refractivity contribution in [2.24, 2.45) is 17.6 Å². The summed E-state index contributed by atoms with van der Waals surface area (Å²) in [6.07, 6.45) is 1.10. The van der Waals surface area contributed by atoms with E-state index in [2.05, 4.69) is 0 Å². The van der Waals surface area contributed by atoms with Crippen molar-refractivity contribution in [2.75, 3.05) is 13.1 Å². The normalized spacial score (nSPS) is 18.7. The Balaban J connectivity index is 2.28. The molecule has 0 radical (unpaired) electrons. The van der Waals surface area contributed by atoms with Crippen LogP contribution in [0.3, 0.4) is 0 Å². The molecule has 1 atom stereocenters. The van der Waals surface area contributed by atoms with Crippen LogP contribution in [0.2, 0.25) is 0 Å². The number of carboxylic acids is 1. The van der Waals surface area contributed by atoms with E-state index in [1.165, 1.54) is 0 Å². The van der Waals surface area contributed by atoms with Gasteiger partial charge in [0, 0.05) is 31.0 Å². The number of rotatable bonds is 5. The molecular formula is C12H22N2O3. The van der Waals surface area contributed by atoms with Crippen LogP contribution in [0, 0.1) is 11.8 Å². The van der Waals surface area contributed by atoms with Crippen LogP contribution < -0.4 is 5.73 Å². The molecule has 1 amide bonds. The molecule has 0 aliphatic carbocycles. The van der Waals surface area contributed by atoms with Gasteiger partial charge in [-0.05, 0) is 20.3 Å². The lowest BCUT2D eigenvalue weighted by Gasteiger charge is -2.41. The maximum atomic E-state index is 11.7. The van der Waals surface area contributed by atoms with E-state index >= 15 is 0 Å². The highest BCUT2D eigenvalue weighted by Gasteiger charge is 2.36. The molecule has 1 unspecified atom stereocenters. The van der Waals surface area contributed by atoms with Crippen molar-refractivity contribution in [3.63, 3.8) is 0 Å². The molecule has 0 aromatic rings. The van der Waals surface area contributed by atoms with Crippen molar-refractivity contribution in [3.05, 3.63) is 0 Å². The molecule has 1 saturated heterocycles. The number of carbonyl (C=O) groups excluding carboxylic acids is 1. The minimum absolute atomic E-state index is 0.0809. The smallest absolute Gasteiger partial charge is 0.306 e. The van der Waals surface area contributed by atoms with Gasteiger partial charge in [0.15, 0.2) is 0 Å². The van der Waals surface area contributed by atoms with Gasteiger partial charge in [-0.2, -0.15) is 0 Å². The molecule has 0 aromatic heterocycles. The first-order valence-corrected chi connectivity index (χ1v) is 6.00. The highest BCUT2D eigenvalue weighted by Crippen LogP contribution is 2.25. The highest BCUT2D eigenvalue weighted by atomic mass is 16.4. The van der Waals surface area contributed by atoms with E-state index in [9.17, 15) is 9.59 Å². The Morgan fingerprint density at radius 1 is 1.47 bits per heavy atom. The molecule has 5 heteroatoms. The number of hydrogen-bond acceptors (Lipinski definition) is 3. The van der Waals surface area contributed by atoms with Gasteiger partial charge in [-0.25, -0.2) is 0 Å². The number of hydrogen-bond donors (Lipinski definition) is 2. The van der Waals surface area contributed by atoms with E-state index in [-0.39, 0.29) is 23.3 Å². The third-order valence-corrected chi connectivity index (χ3v) is 3.34. The van der Waals surface area contributed by atoms with E-state index in [1.54, 1.807) is 11.8 Å². The second-order valence-corrected chi connectivity index (χ2v) is 5.67. The first kappa shape index (κ1) is 14.0. The number of nitrogens with two attached hydrogens (primary N) is 1. The predicted molar refractivity (Wildman–Crippen MR) is 64.4 cm³/mol. The molecule has 3 N–H and O–H groups in total. The Bertz CT molecular complexity index is 303. The predicted octanol–water partition coefficient (Wildman–Crippen LogP) is 0.683. The fourth-order valence-electron chi connectivity index (χ4n) is 1.82. The fourth-order valence-corrected chi connectivity index (χ4v) is 1.82. The van der Waals surface area contributed by atoms with Crippen molar-refractivity contribution < 1.29 is 14.7 Å². The first-order chi connectivity index (χ1) is 7.70. The molecule has 1 aliphatic heterocycles. The summed E-state index contributed by atoms with van der Waals surface area (Å²) < 4.78 is 0. The summed E-state index contributed by atoms with van der Waals surface area (Å²) in [6.45, 7) is 6.61. The zero-order chi connectivity index (χ0) is 13.2. The van der Waals surface area contributed by atoms with Crippen molar-refractivity contribution in [3.8, 4) is 0 Å². The molecule has 98 valence electrons. The zero-order valence-electron chi connectivity index (χ0n) is 10.8. The first-order valence-electron chi connectivity index (χ1n) is 6.00. The summed E-state index contributed by atoms with van der Waals surface area (Å²) in [5.74, 6) is -0.977. The maximum Gasteiger partial charge on any atom is 0.306 e. The van der Waals surface area contributed by atoms with Crippen LogP contribution in [0.25, 0.3) is 0 Å². The third-order valence-electron chi connectivity index (χ3n) is 3.34. The van der Waals surface area contributed by atoms with Crippen LogP contribution in [0.4, 0.5) is 0 Å². The van der Waals surface area contributed by atoms with Crippen LogP contribution in [0.5, 0.6) is 0 Å². The molecule has 0 saturated carbocycles. The maximum absolute atomic E-state index is 11.7. The van der Waals surface area contributed by atoms with Crippen LogP contribution in [0.15, 0.2) is 0 Å². The molecule has 5 nitrogen and oxygen atoms in total. The lowest BCUT2D eigenvalue weighted by atomic mass is 9.86. The van der Waals surface area contributed by atoms with Gasteiger partial charge in [0.25, 0.3) is 0 Å². The molecule has 1 heterocycles. The molecule has 1 fully saturated rings. The Morgan fingerprint density at radius 2 is 2.00 bits per heavy atom. The second kappa shape index (κ2) is 5.04. The molecule has 17 heavy (non-hydrogen) atoms. The number of amides is 1. The zero-order valence-corrected chi connectivity index (χ0v) is 10.8. The third kappa shape index (κ3) is 4.00. The van der Waals surface area contributed by atoms with Crippen molar-refractivity contribution >= 4 is 11.9 Å². The quantitative estimate of drug-likeness (QED) is 0.742. The molecule has 1 rings (SSSR count). The lowest BCUT2D eigenvalue weighted by Crippen LogP contribution is -2.53. The standard InChI is InChI=1S/C12H22N2O3/c1-8(11(16)17)9-6-14(7-9)10(15)4-5-12(2,3)13/h8-9H,4-7,13H2,1-3H3,(H,16,17). The Hall–Kier alpha value is -1.10. The largest absolute Gasteiger partial charge is 0.481 e. The average molecular weight is 242 g/mol. The van der Waals surface area contributed by atoms with Gasteiger partial charge in [0.05, 0.1) is 5.92 Å². The number of carboxylic acid groups (broad SMARTS) is 1. The molecule has 0 spiro atoms. The number of nitrogens with zero attached hydrogens (tertiary/aromatic N) is 1. The minimum Gasteiger partial charge on any atom is -0.481 e. The fraction of sp³-hybridized carbons (Fsp3) is 0.833. The van der Waals surface area contributed by atoms with E-state index in [0.29, 0.717) is 25.9 Å². The lowest BCUT2D eigenvalue weighted by molar-refractivity contribution is -0.150. The minimum atomic E-state index is -0.787. The van der Waals surface area contributed by atoms with Crippen LogP contribution in [-0.4, -0.2) is 40.5 Å². The van der Waals surface area contributed by atoms with Gasteiger partial charge >= 0.3 is 5.97 Å². The van der Waals surface area contributed by atoms with E-state index in [0.717, 1.165) is 0 Å². The van der Waals surface area contributed by atoms with Crippen molar-refractivity contribution in [1.29, 1.82) is 0 Å². The number of aliphatic carboxylic acids is 1. The summed E-state index contributed by atoms with van der Waals surface area (Å²) in [6, 6.07) is 0. The van der Waals surface area contributed by atoms with Crippen molar-refractivity contribution in [2.45, 2.75) is 39.2 Å². The second-order valence-electron chi connectivity index (χ2n) is 5.67. The molecule has 0 aromatic carbocycles. The summed E-state index contributed by atoms with van der Waals surface area (Å²) in [5, 5.41) is 8.83. The topological polar surface area (TPSA) is 83.6 Å². The van der Waals surface area contributed by atoms with Crippen LogP contribution >= 0.6 is 0 Å². The summed E-state index contributed by atoms with van der Waals surface area (Å²) in [7, 11) is 0. The van der Waals surface area contributed by atoms with Gasteiger partial charge in [0.2, 0.25) is 5.91 Å². The molecular weight excluding hydrogens is 220 g/mol. The Kier molecular flexibility index (Phi) is 4.14. The SMILES string of the molecule is CC(C(=O)O)C1CN(C(=O)CCC(C)(C)N)C1. The van der Waals surface area contributed by atoms with E-state index in [1.807, 2.05) is 13.8 Å². The summed E-state index contributed by atoms with van der Waals surface area (Å²) in [5.41, 5.74) is 5.49. The Morgan fingerprint density at radius 3 is 2.41 bits per heavy atom. The van der Waals surface area contributed by atoms with Gasteiger partial charge in [-0.15, -0.1) is 0 Å². The van der Waals surface area contributed by atoms with Crippen LogP contribution in [-0.2, 0) is 9.59 Å². The average Bonchev–Trinajstić information content (AvgIpc) is 2.10. The van der Waals surface area contributed by atoms with Crippen molar-refractivity contribution in [1.82, 2.24) is 4.90 Å². The monoisotopic (exact) mass is 242 g/mol. The van der Waals surface area contributed by atoms with Gasteiger partial charge in [0.1, 0.15) is 0 Å². The van der Waals surface area contributed by atoms with Gasteiger partial charge in [-0.1, -0.05) is 6.92 Å². The van der Waals surface area contributed by atoms with Gasteiger partial charge in [-0.3, -0.25) is 9.59 Å². The number of carbonyl (C=O) groups is 2. The van der Waals surface area contributed by atoms with Crippen LogP contribution in [0.1, 0.15) is 33.6 Å². The molecule has 1 aliphatic rings. The summed E-state index contributed by atoms with van der Waals surface area (Å²) >= 11 is 0. The highest BCUT2D eigenvalue weighted by molar-refractivity contribution is 5.78. The van der Waals surface area contributed by atoms with E-state index in [4.69, 9.17) is 10.8 Å². The summed E-state index contributed by atoms with van der Waals surface area (Å²) in [4.78, 5) is 24.2.